The fraction of sp³-hybridized carbons (Fsp3) is 0.455. The first-order valence-corrected chi connectivity index (χ1v) is 6.12. The fourth-order valence-corrected chi connectivity index (χ4v) is 1.78. The number of hydrogen-bond acceptors (Lipinski definition) is 6. The molecule has 1 fully saturated rings. The molecular weight excluding hydrogens is 268 g/mol. The van der Waals surface area contributed by atoms with Crippen molar-refractivity contribution in [2.24, 2.45) is 5.10 Å². The Morgan fingerprint density at radius 3 is 2.90 bits per heavy atom. The lowest BCUT2D eigenvalue weighted by Crippen LogP contribution is -3.15. The van der Waals surface area contributed by atoms with Crippen molar-refractivity contribution < 1.29 is 23.8 Å². The number of morpholine rings is 1. The van der Waals surface area contributed by atoms with E-state index in [0.717, 1.165) is 18.0 Å². The molecule has 2 heterocycles. The van der Waals surface area contributed by atoms with Gasteiger partial charge in [0.15, 0.2) is 12.3 Å². The Bertz CT molecular complexity index is 507. The van der Waals surface area contributed by atoms with Gasteiger partial charge in [0.2, 0.25) is 0 Å². The maximum absolute atomic E-state index is 11.6. The summed E-state index contributed by atoms with van der Waals surface area (Å²) in [5.41, 5.74) is 2.36. The first-order chi connectivity index (χ1) is 9.65. The van der Waals surface area contributed by atoms with Gasteiger partial charge in [-0.2, -0.15) is 5.10 Å². The van der Waals surface area contributed by atoms with Gasteiger partial charge in [-0.25, -0.2) is 5.43 Å². The average molecular weight is 283 g/mol. The quantitative estimate of drug-likeness (QED) is 0.390. The number of hydrogen-bond donors (Lipinski definition) is 2. The van der Waals surface area contributed by atoms with Gasteiger partial charge in [-0.1, -0.05) is 0 Å². The van der Waals surface area contributed by atoms with Gasteiger partial charge in [0, 0.05) is 0 Å². The van der Waals surface area contributed by atoms with E-state index in [1.54, 1.807) is 0 Å². The summed E-state index contributed by atoms with van der Waals surface area (Å²) in [4.78, 5) is 22.5. The molecular formula is C11H15N4O5+. The van der Waals surface area contributed by atoms with Crippen LogP contribution in [0.15, 0.2) is 21.7 Å². The molecule has 0 bridgehead atoms. The number of ether oxygens (including phenoxy) is 1. The number of carbonyl (C=O) groups is 1. The Balaban J connectivity index is 1.76. The Morgan fingerprint density at radius 1 is 1.50 bits per heavy atom. The van der Waals surface area contributed by atoms with Crippen molar-refractivity contribution >= 4 is 18.0 Å². The van der Waals surface area contributed by atoms with Crippen LogP contribution in [0.5, 0.6) is 0 Å². The molecule has 20 heavy (non-hydrogen) atoms. The van der Waals surface area contributed by atoms with E-state index < -0.39 is 4.92 Å². The number of nitrogens with zero attached hydrogens (tertiary/aromatic N) is 2. The van der Waals surface area contributed by atoms with Crippen LogP contribution in [0.1, 0.15) is 5.76 Å². The van der Waals surface area contributed by atoms with Gasteiger partial charge in [-0.3, -0.25) is 14.9 Å². The van der Waals surface area contributed by atoms with Gasteiger partial charge in [0.25, 0.3) is 5.91 Å². The van der Waals surface area contributed by atoms with Gasteiger partial charge >= 0.3 is 5.88 Å². The van der Waals surface area contributed by atoms with E-state index in [1.807, 2.05) is 0 Å². The molecule has 0 spiro atoms. The van der Waals surface area contributed by atoms with Crippen LogP contribution in [0, 0.1) is 10.1 Å². The van der Waals surface area contributed by atoms with Crippen LogP contribution in [-0.2, 0) is 9.53 Å². The Kier molecular flexibility index (Phi) is 4.80. The van der Waals surface area contributed by atoms with Crippen molar-refractivity contribution in [1.29, 1.82) is 0 Å². The molecule has 0 atom stereocenters. The highest BCUT2D eigenvalue weighted by molar-refractivity contribution is 5.80. The summed E-state index contributed by atoms with van der Waals surface area (Å²) in [6.45, 7) is 3.21. The molecule has 0 aliphatic carbocycles. The predicted molar refractivity (Wildman–Crippen MR) is 67.5 cm³/mol. The molecule has 2 N–H and O–H groups in total. The molecule has 1 aliphatic heterocycles. The lowest BCUT2D eigenvalue weighted by atomic mass is 10.4. The Hall–Kier alpha value is -2.26. The van der Waals surface area contributed by atoms with Crippen LogP contribution in [0.3, 0.4) is 0 Å². The fourth-order valence-electron chi connectivity index (χ4n) is 1.78. The zero-order valence-electron chi connectivity index (χ0n) is 10.7. The minimum Gasteiger partial charge on any atom is -0.400 e. The number of amides is 1. The number of hydrazone groups is 1. The summed E-state index contributed by atoms with van der Waals surface area (Å²) < 4.78 is 10.0. The Labute approximate surface area is 114 Å². The highest BCUT2D eigenvalue weighted by Crippen LogP contribution is 2.13. The molecule has 0 unspecified atom stereocenters. The van der Waals surface area contributed by atoms with Gasteiger partial charge in [0.05, 0.1) is 25.5 Å². The SMILES string of the molecule is O=C(C[NH+]1CCOCC1)N/N=C\c1ccc([N+](=O)[O-])o1. The molecule has 1 saturated heterocycles. The molecule has 9 nitrogen and oxygen atoms in total. The standard InChI is InChI=1S/C11H14N4O5/c16-10(8-14-3-5-19-6-4-14)13-12-7-9-1-2-11(20-9)15(17)18/h1-2,7H,3-6,8H2,(H,13,16)/p+1/b12-7-. The number of nitrogens with one attached hydrogen (secondary N) is 2. The van der Waals surface area contributed by atoms with Crippen molar-refractivity contribution in [2.45, 2.75) is 0 Å². The molecule has 2 rings (SSSR count). The minimum atomic E-state index is -0.641. The Morgan fingerprint density at radius 2 is 2.25 bits per heavy atom. The minimum absolute atomic E-state index is 0.204. The molecule has 1 aromatic heterocycles. The van der Waals surface area contributed by atoms with Crippen molar-refractivity contribution in [3.05, 3.63) is 28.0 Å². The smallest absolute Gasteiger partial charge is 0.400 e. The third-order valence-corrected chi connectivity index (χ3v) is 2.78. The molecule has 108 valence electrons. The maximum atomic E-state index is 11.6. The monoisotopic (exact) mass is 283 g/mol. The van der Waals surface area contributed by atoms with E-state index in [0.29, 0.717) is 19.8 Å². The molecule has 0 radical (unpaired) electrons. The zero-order chi connectivity index (χ0) is 14.4. The number of carbonyl (C=O) groups excluding carboxylic acids is 1. The van der Waals surface area contributed by atoms with Crippen LogP contribution in [0.25, 0.3) is 0 Å². The predicted octanol–water partition coefficient (Wildman–Crippen LogP) is -1.45. The third kappa shape index (κ3) is 4.14. The second kappa shape index (κ2) is 6.78. The number of rotatable bonds is 5. The van der Waals surface area contributed by atoms with Gasteiger partial charge in [-0.15, -0.1) is 0 Å². The van der Waals surface area contributed by atoms with Crippen LogP contribution < -0.4 is 10.3 Å². The van der Waals surface area contributed by atoms with Crippen LogP contribution in [0.4, 0.5) is 5.88 Å². The molecule has 1 amide bonds. The maximum Gasteiger partial charge on any atom is 0.433 e. The van der Waals surface area contributed by atoms with E-state index in [9.17, 15) is 14.9 Å². The van der Waals surface area contributed by atoms with Crippen molar-refractivity contribution in [3.63, 3.8) is 0 Å². The van der Waals surface area contributed by atoms with Crippen LogP contribution >= 0.6 is 0 Å². The van der Waals surface area contributed by atoms with Crippen molar-refractivity contribution in [3.8, 4) is 0 Å². The summed E-state index contributed by atoms with van der Waals surface area (Å²) in [6, 6.07) is 2.63. The second-order valence-corrected chi connectivity index (χ2v) is 4.27. The number of nitro groups is 1. The highest BCUT2D eigenvalue weighted by Gasteiger charge is 2.17. The summed E-state index contributed by atoms with van der Waals surface area (Å²) in [5, 5.41) is 14.1. The molecule has 1 aliphatic rings. The topological polar surface area (TPSA) is 111 Å². The highest BCUT2D eigenvalue weighted by atomic mass is 16.6. The average Bonchev–Trinajstić information content (AvgIpc) is 2.89. The van der Waals surface area contributed by atoms with Crippen LogP contribution in [-0.4, -0.2) is 49.9 Å². The van der Waals surface area contributed by atoms with E-state index in [4.69, 9.17) is 9.15 Å². The molecule has 0 saturated carbocycles. The third-order valence-electron chi connectivity index (χ3n) is 2.78. The lowest BCUT2D eigenvalue weighted by molar-refractivity contribution is -0.900. The van der Waals surface area contributed by atoms with E-state index in [-0.39, 0.29) is 17.6 Å². The lowest BCUT2D eigenvalue weighted by Gasteiger charge is -2.22. The summed E-state index contributed by atoms with van der Waals surface area (Å²) in [7, 11) is 0. The largest absolute Gasteiger partial charge is 0.433 e. The van der Waals surface area contributed by atoms with E-state index in [1.165, 1.54) is 18.3 Å². The summed E-state index contributed by atoms with van der Waals surface area (Å²) >= 11 is 0. The molecule has 0 aromatic carbocycles. The van der Waals surface area contributed by atoms with Crippen LogP contribution in [0.2, 0.25) is 0 Å². The van der Waals surface area contributed by atoms with Gasteiger partial charge in [0.1, 0.15) is 18.0 Å². The summed E-state index contributed by atoms with van der Waals surface area (Å²) in [5.74, 6) is -0.384. The number of quaternary nitrogens is 1. The first kappa shape index (κ1) is 14.2. The molecule has 9 heteroatoms. The first-order valence-electron chi connectivity index (χ1n) is 6.12. The molecule has 1 aromatic rings. The van der Waals surface area contributed by atoms with Crippen molar-refractivity contribution in [1.82, 2.24) is 5.43 Å². The van der Waals surface area contributed by atoms with E-state index >= 15 is 0 Å². The summed E-state index contributed by atoms with van der Waals surface area (Å²) in [6.07, 6.45) is 1.22. The van der Waals surface area contributed by atoms with Crippen molar-refractivity contribution in [2.75, 3.05) is 32.8 Å². The van der Waals surface area contributed by atoms with Gasteiger partial charge < -0.3 is 14.1 Å². The van der Waals surface area contributed by atoms with E-state index in [2.05, 4.69) is 10.5 Å². The normalized spacial score (nSPS) is 16.4. The number of furan rings is 1. The second-order valence-electron chi connectivity index (χ2n) is 4.27. The van der Waals surface area contributed by atoms with Gasteiger partial charge in [-0.05, 0) is 6.07 Å². The zero-order valence-corrected chi connectivity index (χ0v) is 10.7.